The van der Waals surface area contributed by atoms with Crippen LogP contribution in [-0.4, -0.2) is 55.9 Å². The van der Waals surface area contributed by atoms with Crippen molar-refractivity contribution in [3.8, 4) is 11.3 Å². The molecule has 1 aliphatic heterocycles. The van der Waals surface area contributed by atoms with E-state index in [0.29, 0.717) is 25.7 Å². The molecular formula is C29H29N5O4. The predicted octanol–water partition coefficient (Wildman–Crippen LogP) is 4.85. The SMILES string of the molecule is COCc1nnn(C)c1-c1cnc2c3ccc(C(=O)O)cc3n(C(c3ccccc3)C3CCOCC3)c2c1. The number of carboxylic acids is 1. The molecule has 0 amide bonds. The van der Waals surface area contributed by atoms with Crippen molar-refractivity contribution in [3.63, 3.8) is 0 Å². The van der Waals surface area contributed by atoms with E-state index in [1.807, 2.05) is 25.4 Å². The Morgan fingerprint density at radius 2 is 1.92 bits per heavy atom. The minimum Gasteiger partial charge on any atom is -0.478 e. The number of aryl methyl sites for hydroxylation is 1. The number of aromatic nitrogens is 5. The van der Waals surface area contributed by atoms with Crippen molar-refractivity contribution in [2.45, 2.75) is 25.5 Å². The van der Waals surface area contributed by atoms with E-state index in [4.69, 9.17) is 14.5 Å². The van der Waals surface area contributed by atoms with E-state index in [-0.39, 0.29) is 11.6 Å². The maximum atomic E-state index is 12.0. The summed E-state index contributed by atoms with van der Waals surface area (Å²) in [5.74, 6) is -0.644. The largest absolute Gasteiger partial charge is 0.478 e. The minimum absolute atomic E-state index is 0.0238. The average molecular weight is 512 g/mol. The molecular weight excluding hydrogens is 482 g/mol. The molecule has 1 atom stereocenters. The molecule has 1 saturated heterocycles. The van der Waals surface area contributed by atoms with Crippen molar-refractivity contribution >= 4 is 27.9 Å². The lowest BCUT2D eigenvalue weighted by Crippen LogP contribution is -2.27. The highest BCUT2D eigenvalue weighted by Gasteiger charge is 2.30. The lowest BCUT2D eigenvalue weighted by molar-refractivity contribution is 0.0553. The lowest BCUT2D eigenvalue weighted by atomic mass is 9.86. The van der Waals surface area contributed by atoms with Crippen LogP contribution in [0.5, 0.6) is 0 Å². The Balaban J connectivity index is 1.67. The molecule has 5 aromatic rings. The summed E-state index contributed by atoms with van der Waals surface area (Å²) >= 11 is 0. The smallest absolute Gasteiger partial charge is 0.335 e. The van der Waals surface area contributed by atoms with Crippen LogP contribution in [0.1, 0.15) is 40.5 Å². The molecule has 0 saturated carbocycles. The first-order valence-electron chi connectivity index (χ1n) is 12.7. The van der Waals surface area contributed by atoms with E-state index in [1.165, 1.54) is 5.56 Å². The first kappa shape index (κ1) is 24.3. The van der Waals surface area contributed by atoms with Crippen LogP contribution in [-0.2, 0) is 23.1 Å². The van der Waals surface area contributed by atoms with Gasteiger partial charge in [0.15, 0.2) is 0 Å². The van der Waals surface area contributed by atoms with Gasteiger partial charge in [0.1, 0.15) is 5.69 Å². The maximum Gasteiger partial charge on any atom is 0.335 e. The van der Waals surface area contributed by atoms with Crippen LogP contribution in [0.4, 0.5) is 0 Å². The Morgan fingerprint density at radius 3 is 2.66 bits per heavy atom. The summed E-state index contributed by atoms with van der Waals surface area (Å²) in [6, 6.07) is 17.8. The van der Waals surface area contributed by atoms with Gasteiger partial charge in [-0.05, 0) is 48.6 Å². The Kier molecular flexibility index (Phi) is 6.39. The fourth-order valence-corrected chi connectivity index (χ4v) is 5.77. The van der Waals surface area contributed by atoms with E-state index in [2.05, 4.69) is 45.2 Å². The summed E-state index contributed by atoms with van der Waals surface area (Å²) in [5.41, 5.74) is 6.48. The van der Waals surface area contributed by atoms with Gasteiger partial charge in [-0.3, -0.25) is 4.98 Å². The van der Waals surface area contributed by atoms with E-state index in [1.54, 1.807) is 23.9 Å². The third kappa shape index (κ3) is 4.13. The van der Waals surface area contributed by atoms with Gasteiger partial charge >= 0.3 is 5.97 Å². The molecule has 4 heterocycles. The zero-order chi connectivity index (χ0) is 26.2. The Hall–Kier alpha value is -4.08. The highest BCUT2D eigenvalue weighted by Crippen LogP contribution is 2.41. The van der Waals surface area contributed by atoms with Gasteiger partial charge in [-0.2, -0.15) is 0 Å². The Bertz CT molecular complexity index is 1620. The van der Waals surface area contributed by atoms with Gasteiger partial charge in [0, 0.05) is 44.5 Å². The van der Waals surface area contributed by atoms with E-state index >= 15 is 0 Å². The molecule has 0 radical (unpaired) electrons. The highest BCUT2D eigenvalue weighted by atomic mass is 16.5. The van der Waals surface area contributed by atoms with Crippen LogP contribution in [0.2, 0.25) is 0 Å². The van der Waals surface area contributed by atoms with Crippen LogP contribution in [0, 0.1) is 5.92 Å². The van der Waals surface area contributed by atoms with Gasteiger partial charge in [-0.25, -0.2) is 9.48 Å². The average Bonchev–Trinajstić information content (AvgIpc) is 3.47. The van der Waals surface area contributed by atoms with Crippen LogP contribution in [0.25, 0.3) is 33.2 Å². The number of aromatic carboxylic acids is 1. The van der Waals surface area contributed by atoms with Gasteiger partial charge in [0.2, 0.25) is 0 Å². The summed E-state index contributed by atoms with van der Waals surface area (Å²) in [7, 11) is 3.49. The molecule has 3 aromatic heterocycles. The van der Waals surface area contributed by atoms with Gasteiger partial charge in [-0.1, -0.05) is 35.5 Å². The van der Waals surface area contributed by atoms with E-state index in [0.717, 1.165) is 51.7 Å². The Morgan fingerprint density at radius 1 is 1.13 bits per heavy atom. The summed E-state index contributed by atoms with van der Waals surface area (Å²) in [6.45, 7) is 1.74. The first-order valence-corrected chi connectivity index (χ1v) is 12.7. The molecule has 194 valence electrons. The Labute approximate surface area is 219 Å². The number of ether oxygens (including phenoxy) is 2. The summed E-state index contributed by atoms with van der Waals surface area (Å²) in [4.78, 5) is 16.9. The van der Waals surface area contributed by atoms with Crippen LogP contribution in [0.3, 0.4) is 0 Å². The zero-order valence-corrected chi connectivity index (χ0v) is 21.4. The van der Waals surface area contributed by atoms with Crippen molar-refractivity contribution < 1.29 is 19.4 Å². The molecule has 0 bridgehead atoms. The second-order valence-electron chi connectivity index (χ2n) is 9.75. The van der Waals surface area contributed by atoms with Gasteiger partial charge < -0.3 is 19.1 Å². The number of hydrogen-bond donors (Lipinski definition) is 1. The fraction of sp³-hybridized carbons (Fsp3) is 0.310. The number of rotatable bonds is 7. The third-order valence-corrected chi connectivity index (χ3v) is 7.47. The minimum atomic E-state index is -0.954. The standard InChI is InChI=1S/C29H29N5O4/c1-33-28(23(17-37-2)31-32-33)21-15-25-26(30-16-21)22-9-8-20(29(35)36)14-24(22)34(25)27(18-6-4-3-5-7-18)19-10-12-38-13-11-19/h3-9,14-16,19,27H,10-13,17H2,1-2H3,(H,35,36). The van der Waals surface area contributed by atoms with Crippen molar-refractivity contribution in [2.24, 2.45) is 13.0 Å². The molecule has 38 heavy (non-hydrogen) atoms. The van der Waals surface area contributed by atoms with E-state index in [9.17, 15) is 9.90 Å². The van der Waals surface area contributed by atoms with Gasteiger partial charge in [0.05, 0.1) is 40.5 Å². The molecule has 2 aromatic carbocycles. The zero-order valence-electron chi connectivity index (χ0n) is 21.4. The highest BCUT2D eigenvalue weighted by molar-refractivity contribution is 6.08. The second-order valence-corrected chi connectivity index (χ2v) is 9.75. The number of pyridine rings is 1. The van der Waals surface area contributed by atoms with Crippen molar-refractivity contribution in [2.75, 3.05) is 20.3 Å². The lowest BCUT2D eigenvalue weighted by Gasteiger charge is -2.33. The quantitative estimate of drug-likeness (QED) is 0.333. The van der Waals surface area contributed by atoms with Gasteiger partial charge in [-0.15, -0.1) is 5.10 Å². The molecule has 9 heteroatoms. The van der Waals surface area contributed by atoms with Crippen molar-refractivity contribution in [1.82, 2.24) is 24.5 Å². The predicted molar refractivity (Wildman–Crippen MR) is 143 cm³/mol. The summed E-state index contributed by atoms with van der Waals surface area (Å²) < 4.78 is 15.1. The topological polar surface area (TPSA) is 104 Å². The molecule has 0 spiro atoms. The number of carboxylic acid groups (broad SMARTS) is 1. The van der Waals surface area contributed by atoms with Crippen LogP contribution >= 0.6 is 0 Å². The normalized spacial score (nSPS) is 15.3. The number of carbonyl (C=O) groups is 1. The second kappa shape index (κ2) is 10.00. The van der Waals surface area contributed by atoms with Gasteiger partial charge in [0.25, 0.3) is 0 Å². The first-order chi connectivity index (χ1) is 18.6. The maximum absolute atomic E-state index is 12.0. The molecule has 1 unspecified atom stereocenters. The number of benzene rings is 2. The van der Waals surface area contributed by atoms with Crippen molar-refractivity contribution in [3.05, 3.63) is 77.6 Å². The monoisotopic (exact) mass is 511 g/mol. The fourth-order valence-electron chi connectivity index (χ4n) is 5.77. The van der Waals surface area contributed by atoms with Crippen molar-refractivity contribution in [1.29, 1.82) is 0 Å². The summed E-state index contributed by atoms with van der Waals surface area (Å²) in [6.07, 6.45) is 3.66. The molecule has 1 aliphatic rings. The molecule has 1 N–H and O–H groups in total. The van der Waals surface area contributed by atoms with E-state index < -0.39 is 5.97 Å². The molecule has 9 nitrogen and oxygen atoms in total. The molecule has 0 aliphatic carbocycles. The number of fused-ring (bicyclic) bond motifs is 3. The molecule has 6 rings (SSSR count). The van der Waals surface area contributed by atoms with Crippen LogP contribution < -0.4 is 0 Å². The number of nitrogens with zero attached hydrogens (tertiary/aromatic N) is 5. The molecule has 1 fully saturated rings. The third-order valence-electron chi connectivity index (χ3n) is 7.47. The number of hydrogen-bond acceptors (Lipinski definition) is 6. The summed E-state index contributed by atoms with van der Waals surface area (Å²) in [5, 5.41) is 19.3. The number of methoxy groups -OCH3 is 1. The van der Waals surface area contributed by atoms with Crippen LogP contribution in [0.15, 0.2) is 60.8 Å².